The second kappa shape index (κ2) is 16.9. The first-order valence-electron chi connectivity index (χ1n) is 13.5. The fourth-order valence-electron chi connectivity index (χ4n) is 4.24. The predicted molar refractivity (Wildman–Crippen MR) is 165 cm³/mol. The zero-order chi connectivity index (χ0) is 31.1. The Morgan fingerprint density at radius 1 is 1.00 bits per heavy atom. The smallest absolute Gasteiger partial charge is 0.327 e. The molecule has 1 aliphatic heterocycles. The normalized spacial score (nSPS) is 24.9. The average molecular weight is 595 g/mol. The molecule has 0 saturated carbocycles. The SMILES string of the molecule is CC(=O)N[C@@H](CSC1C=CC=CC=CC=CC(C)CNC(=O)C=CC=CC=CC2(C)CC(=O)C(O)=C2C(=O)C1)C(=O)O. The summed E-state index contributed by atoms with van der Waals surface area (Å²) < 4.78 is 0. The molecule has 0 aromatic rings. The largest absolute Gasteiger partial charge is 0.504 e. The zero-order valence-corrected chi connectivity index (χ0v) is 24.8. The second-order valence-corrected chi connectivity index (χ2v) is 11.5. The van der Waals surface area contributed by atoms with E-state index < -0.39 is 45.9 Å². The first-order chi connectivity index (χ1) is 19.9. The first kappa shape index (κ1) is 34.0. The Bertz CT molecular complexity index is 1290. The monoisotopic (exact) mass is 594 g/mol. The van der Waals surface area contributed by atoms with Gasteiger partial charge in [-0.15, -0.1) is 0 Å². The fraction of sp³-hybridized carbons (Fsp3) is 0.344. The van der Waals surface area contributed by atoms with Crippen LogP contribution in [0.3, 0.4) is 0 Å². The van der Waals surface area contributed by atoms with E-state index in [0.29, 0.717) is 6.54 Å². The van der Waals surface area contributed by atoms with Gasteiger partial charge in [0.05, 0.1) is 5.57 Å². The number of hydrogen-bond acceptors (Lipinski definition) is 7. The van der Waals surface area contributed by atoms with E-state index in [1.165, 1.54) is 24.8 Å². The highest BCUT2D eigenvalue weighted by atomic mass is 32.2. The molecular formula is C32H38N2O7S. The lowest BCUT2D eigenvalue weighted by molar-refractivity contribution is -0.140. The number of aliphatic carboxylic acids is 1. The van der Waals surface area contributed by atoms with E-state index in [-0.39, 0.29) is 36.0 Å². The molecular weight excluding hydrogens is 556 g/mol. The van der Waals surface area contributed by atoms with E-state index in [0.717, 1.165) is 0 Å². The summed E-state index contributed by atoms with van der Waals surface area (Å²) >= 11 is 1.17. The lowest BCUT2D eigenvalue weighted by Gasteiger charge is -2.23. The van der Waals surface area contributed by atoms with Gasteiger partial charge in [0.1, 0.15) is 6.04 Å². The molecule has 0 fully saturated rings. The lowest BCUT2D eigenvalue weighted by atomic mass is 9.80. The number of amides is 2. The molecule has 0 aromatic carbocycles. The molecule has 224 valence electrons. The Hall–Kier alpha value is -4.18. The van der Waals surface area contributed by atoms with Crippen LogP contribution in [-0.4, -0.2) is 63.2 Å². The minimum absolute atomic E-state index is 0.000453. The van der Waals surface area contributed by atoms with E-state index in [2.05, 4.69) is 10.6 Å². The summed E-state index contributed by atoms with van der Waals surface area (Å²) in [4.78, 5) is 61.1. The number of nitrogens with one attached hydrogen (secondary N) is 2. The number of carbonyl (C=O) groups excluding carboxylic acids is 4. The van der Waals surface area contributed by atoms with Crippen molar-refractivity contribution in [3.05, 3.63) is 96.4 Å². The maximum Gasteiger partial charge on any atom is 0.327 e. The van der Waals surface area contributed by atoms with Gasteiger partial charge in [-0.25, -0.2) is 4.79 Å². The van der Waals surface area contributed by atoms with Gasteiger partial charge in [0, 0.05) is 48.8 Å². The van der Waals surface area contributed by atoms with Crippen molar-refractivity contribution < 1.29 is 34.2 Å². The van der Waals surface area contributed by atoms with Gasteiger partial charge in [0.2, 0.25) is 11.8 Å². The number of aliphatic hydroxyl groups is 1. The molecule has 42 heavy (non-hydrogen) atoms. The van der Waals surface area contributed by atoms with Crippen LogP contribution in [0, 0.1) is 11.3 Å². The standard InChI is InChI=1S/C32H38N2O7S/c1-22-14-10-6-4-5-7-11-15-24(42-21-25(31(40)41)34-23(2)35)18-26(36)29-30(39)27(37)19-32(29,3)17-13-9-8-12-16-28(38)33-20-22/h4-17,22,24-25,39H,18-21H2,1-3H3,(H,33,38)(H,34,35)(H,40,41)/t22?,24?,25-,32?/m0/s1. The predicted octanol–water partition coefficient (Wildman–Crippen LogP) is 4.09. The molecule has 0 saturated heterocycles. The molecule has 10 heteroatoms. The molecule has 9 nitrogen and oxygen atoms in total. The third-order valence-electron chi connectivity index (χ3n) is 6.38. The Balaban J connectivity index is 2.39. The zero-order valence-electron chi connectivity index (χ0n) is 24.0. The van der Waals surface area contributed by atoms with Crippen LogP contribution in [0.15, 0.2) is 96.4 Å². The van der Waals surface area contributed by atoms with E-state index >= 15 is 0 Å². The third kappa shape index (κ3) is 11.4. The number of carboxylic acids is 1. The molecule has 1 heterocycles. The summed E-state index contributed by atoms with van der Waals surface area (Å²) in [6, 6.07) is -1.15. The molecule has 3 unspecified atom stereocenters. The van der Waals surface area contributed by atoms with Gasteiger partial charge in [0.15, 0.2) is 17.3 Å². The molecule has 0 spiro atoms. The second-order valence-electron chi connectivity index (χ2n) is 10.2. The number of aliphatic hydroxyl groups excluding tert-OH is 1. The summed E-state index contributed by atoms with van der Waals surface area (Å²) in [6.07, 6.45) is 23.9. The number of carbonyl (C=O) groups is 5. The number of fused-ring (bicyclic) bond motifs is 1. The summed E-state index contributed by atoms with van der Waals surface area (Å²) in [7, 11) is 0. The van der Waals surface area contributed by atoms with Gasteiger partial charge in [-0.05, 0) is 5.92 Å². The number of thioether (sulfide) groups is 1. The van der Waals surface area contributed by atoms with Crippen LogP contribution in [0.5, 0.6) is 0 Å². The molecule has 4 N–H and O–H groups in total. The summed E-state index contributed by atoms with van der Waals surface area (Å²) in [5, 5.41) is 24.8. The van der Waals surface area contributed by atoms with E-state index in [1.54, 1.807) is 61.6 Å². The summed E-state index contributed by atoms with van der Waals surface area (Å²) in [5.74, 6) is -3.35. The van der Waals surface area contributed by atoms with Gasteiger partial charge in [-0.1, -0.05) is 92.8 Å². The number of allylic oxidation sites excluding steroid dienone is 13. The topological polar surface area (TPSA) is 150 Å². The van der Waals surface area contributed by atoms with Crippen molar-refractivity contribution in [2.45, 2.75) is 44.9 Å². The molecule has 0 bridgehead atoms. The molecule has 2 amide bonds. The number of rotatable bonds is 5. The van der Waals surface area contributed by atoms with Crippen molar-refractivity contribution in [1.29, 1.82) is 0 Å². The van der Waals surface area contributed by atoms with E-state index in [1.807, 2.05) is 31.2 Å². The maximum absolute atomic E-state index is 13.5. The van der Waals surface area contributed by atoms with Crippen LogP contribution in [0.1, 0.15) is 33.6 Å². The fourth-order valence-corrected chi connectivity index (χ4v) is 5.38. The van der Waals surface area contributed by atoms with Crippen LogP contribution in [0.2, 0.25) is 0 Å². The van der Waals surface area contributed by atoms with E-state index in [9.17, 15) is 34.2 Å². The van der Waals surface area contributed by atoms with Gasteiger partial charge < -0.3 is 20.8 Å². The first-order valence-corrected chi connectivity index (χ1v) is 14.6. The molecule has 2 aliphatic rings. The van der Waals surface area contributed by atoms with Crippen LogP contribution < -0.4 is 10.6 Å². The quantitative estimate of drug-likeness (QED) is 0.372. The van der Waals surface area contributed by atoms with Crippen molar-refractivity contribution in [2.24, 2.45) is 11.3 Å². The van der Waals surface area contributed by atoms with Crippen LogP contribution in [0.4, 0.5) is 0 Å². The number of carboxylic acid groups (broad SMARTS) is 1. The summed E-state index contributed by atoms with van der Waals surface area (Å²) in [5.41, 5.74) is -1.05. The Kier molecular flexibility index (Phi) is 13.7. The van der Waals surface area contributed by atoms with Gasteiger partial charge in [-0.3, -0.25) is 19.2 Å². The average Bonchev–Trinajstić information content (AvgIpc) is 3.14. The van der Waals surface area contributed by atoms with E-state index in [4.69, 9.17) is 0 Å². The number of hydrogen-bond donors (Lipinski definition) is 4. The van der Waals surface area contributed by atoms with Crippen molar-refractivity contribution >= 4 is 41.1 Å². The van der Waals surface area contributed by atoms with Crippen molar-refractivity contribution in [3.63, 3.8) is 0 Å². The maximum atomic E-state index is 13.5. The van der Waals surface area contributed by atoms with Crippen molar-refractivity contribution in [3.8, 4) is 0 Å². The van der Waals surface area contributed by atoms with Crippen LogP contribution in [0.25, 0.3) is 0 Å². The Morgan fingerprint density at radius 2 is 1.62 bits per heavy atom. The van der Waals surface area contributed by atoms with Crippen LogP contribution in [-0.2, 0) is 24.0 Å². The third-order valence-corrected chi connectivity index (χ3v) is 7.66. The highest BCUT2D eigenvalue weighted by Crippen LogP contribution is 2.43. The molecule has 4 atom stereocenters. The lowest BCUT2D eigenvalue weighted by Crippen LogP contribution is -2.41. The minimum Gasteiger partial charge on any atom is -0.504 e. The van der Waals surface area contributed by atoms with Gasteiger partial charge in [0.25, 0.3) is 0 Å². The highest BCUT2D eigenvalue weighted by Gasteiger charge is 2.44. The number of ketones is 2. The van der Waals surface area contributed by atoms with Crippen molar-refractivity contribution in [1.82, 2.24) is 10.6 Å². The Labute approximate surface area is 250 Å². The van der Waals surface area contributed by atoms with Gasteiger partial charge in [-0.2, -0.15) is 11.8 Å². The molecule has 0 radical (unpaired) electrons. The van der Waals surface area contributed by atoms with Crippen molar-refractivity contribution in [2.75, 3.05) is 12.3 Å². The summed E-state index contributed by atoms with van der Waals surface area (Å²) in [6.45, 7) is 5.37. The number of Topliss-reactive ketones (excluding diaryl/α,β-unsaturated/α-hetero) is 2. The van der Waals surface area contributed by atoms with Crippen LogP contribution >= 0.6 is 11.8 Å². The Morgan fingerprint density at radius 3 is 2.29 bits per heavy atom. The minimum atomic E-state index is -1.20. The molecule has 1 aliphatic carbocycles. The molecule has 0 aromatic heterocycles. The van der Waals surface area contributed by atoms with Gasteiger partial charge >= 0.3 is 5.97 Å². The highest BCUT2D eigenvalue weighted by molar-refractivity contribution is 8.00. The molecule has 2 rings (SSSR count).